The second-order valence-corrected chi connectivity index (χ2v) is 8.25. The number of hydrogen-bond acceptors (Lipinski definition) is 5. The molecule has 1 fully saturated rings. The van der Waals surface area contributed by atoms with Crippen molar-refractivity contribution in [2.45, 2.75) is 31.4 Å². The van der Waals surface area contributed by atoms with Gasteiger partial charge in [-0.2, -0.15) is 0 Å². The Morgan fingerprint density at radius 3 is 2.00 bits per heavy atom. The van der Waals surface area contributed by atoms with Gasteiger partial charge >= 0.3 is 5.97 Å². The monoisotopic (exact) mass is 429 g/mol. The van der Waals surface area contributed by atoms with Crippen molar-refractivity contribution >= 4 is 11.8 Å². The van der Waals surface area contributed by atoms with Crippen LogP contribution < -0.4 is 4.74 Å². The maximum atomic E-state index is 13.0. The fraction of sp³-hybridized carbons (Fsp3) is 0.259. The Bertz CT molecular complexity index is 1060. The Kier molecular flexibility index (Phi) is 6.49. The molecule has 0 aromatic heterocycles. The Labute approximate surface area is 188 Å². The molecule has 3 aromatic rings. The first kappa shape index (κ1) is 21.9. The summed E-state index contributed by atoms with van der Waals surface area (Å²) in [5, 5.41) is 11.0. The first-order valence-electron chi connectivity index (χ1n) is 10.9. The molecule has 0 amide bonds. The number of Topliss-reactive ketones (excluding diaryl/α,β-unsaturated/α-hetero) is 1. The smallest absolute Gasteiger partial charge is 0.343 e. The highest BCUT2D eigenvalue weighted by Crippen LogP contribution is 2.33. The van der Waals surface area contributed by atoms with Gasteiger partial charge in [-0.3, -0.25) is 9.69 Å². The zero-order chi connectivity index (χ0) is 22.6. The predicted molar refractivity (Wildman–Crippen MR) is 123 cm³/mol. The van der Waals surface area contributed by atoms with E-state index in [0.717, 1.165) is 5.56 Å². The molecule has 1 saturated heterocycles. The summed E-state index contributed by atoms with van der Waals surface area (Å²) in [5.74, 6) is -0.0256. The molecule has 0 bridgehead atoms. The van der Waals surface area contributed by atoms with Gasteiger partial charge in [0.25, 0.3) is 0 Å². The Balaban J connectivity index is 1.35. The van der Waals surface area contributed by atoms with Gasteiger partial charge in [-0.05, 0) is 61.7 Å². The van der Waals surface area contributed by atoms with Gasteiger partial charge in [0.05, 0.1) is 17.2 Å². The molecule has 1 aliphatic rings. The minimum atomic E-state index is -0.842. The van der Waals surface area contributed by atoms with Crippen LogP contribution in [0.1, 0.15) is 46.0 Å². The van der Waals surface area contributed by atoms with Crippen LogP contribution >= 0.6 is 0 Å². The summed E-state index contributed by atoms with van der Waals surface area (Å²) in [7, 11) is 0. The summed E-state index contributed by atoms with van der Waals surface area (Å²) in [5.41, 5.74) is 1.13. The van der Waals surface area contributed by atoms with Crippen molar-refractivity contribution in [2.24, 2.45) is 0 Å². The van der Waals surface area contributed by atoms with Crippen LogP contribution in [-0.4, -0.2) is 40.9 Å². The van der Waals surface area contributed by atoms with Gasteiger partial charge in [0, 0.05) is 18.7 Å². The van der Waals surface area contributed by atoms with Crippen molar-refractivity contribution in [1.29, 1.82) is 0 Å². The summed E-state index contributed by atoms with van der Waals surface area (Å²) in [6.45, 7) is 3.19. The topological polar surface area (TPSA) is 66.8 Å². The lowest BCUT2D eigenvalue weighted by Crippen LogP contribution is -2.48. The minimum Gasteiger partial charge on any atom is -0.423 e. The summed E-state index contributed by atoms with van der Waals surface area (Å²) in [6, 6.07) is 24.9. The molecule has 32 heavy (non-hydrogen) atoms. The van der Waals surface area contributed by atoms with E-state index in [1.54, 1.807) is 48.5 Å². The fourth-order valence-electron chi connectivity index (χ4n) is 4.15. The van der Waals surface area contributed by atoms with Crippen molar-refractivity contribution in [3.8, 4) is 5.75 Å². The maximum absolute atomic E-state index is 13.0. The molecule has 5 nitrogen and oxygen atoms in total. The molecule has 1 N–H and O–H groups in total. The highest BCUT2D eigenvalue weighted by atomic mass is 16.5. The standard InChI is InChI=1S/C27H27NO4/c1-20(28-18-16-27(31,17-19-28)23-10-6-3-7-11-23)25(29)21-12-14-24(15-13-21)32-26(30)22-8-4-2-5-9-22/h2-15,20,31H,16-19H2,1H3. The molecular weight excluding hydrogens is 402 g/mol. The quantitative estimate of drug-likeness (QED) is 0.356. The molecule has 0 spiro atoms. The Hall–Kier alpha value is -3.28. The average Bonchev–Trinajstić information content (AvgIpc) is 2.85. The number of esters is 1. The highest BCUT2D eigenvalue weighted by molar-refractivity contribution is 6.00. The van der Waals surface area contributed by atoms with E-state index in [-0.39, 0.29) is 11.8 Å². The average molecular weight is 430 g/mol. The van der Waals surface area contributed by atoms with Gasteiger partial charge in [0.2, 0.25) is 0 Å². The number of carbonyl (C=O) groups excluding carboxylic acids is 2. The lowest BCUT2D eigenvalue weighted by molar-refractivity contribution is -0.0318. The van der Waals surface area contributed by atoms with Crippen molar-refractivity contribution < 1.29 is 19.4 Å². The third-order valence-corrected chi connectivity index (χ3v) is 6.22. The van der Waals surface area contributed by atoms with E-state index in [2.05, 4.69) is 4.90 Å². The van der Waals surface area contributed by atoms with E-state index in [0.29, 0.717) is 42.8 Å². The number of aliphatic hydroxyl groups is 1. The Morgan fingerprint density at radius 1 is 0.844 bits per heavy atom. The maximum Gasteiger partial charge on any atom is 0.343 e. The van der Waals surface area contributed by atoms with Crippen LogP contribution in [0.3, 0.4) is 0 Å². The van der Waals surface area contributed by atoms with Gasteiger partial charge in [0.1, 0.15) is 5.75 Å². The number of ketones is 1. The fourth-order valence-corrected chi connectivity index (χ4v) is 4.15. The number of carbonyl (C=O) groups is 2. The highest BCUT2D eigenvalue weighted by Gasteiger charge is 2.36. The molecule has 5 heteroatoms. The van der Waals surface area contributed by atoms with Gasteiger partial charge in [-0.25, -0.2) is 4.79 Å². The zero-order valence-corrected chi connectivity index (χ0v) is 18.1. The van der Waals surface area contributed by atoms with E-state index in [4.69, 9.17) is 4.74 Å². The van der Waals surface area contributed by atoms with Crippen LogP contribution in [0.15, 0.2) is 84.9 Å². The normalized spacial score (nSPS) is 16.8. The molecule has 1 heterocycles. The molecule has 1 aliphatic heterocycles. The number of benzene rings is 3. The molecule has 0 saturated carbocycles. The summed E-state index contributed by atoms with van der Waals surface area (Å²) in [6.07, 6.45) is 1.17. The number of ether oxygens (including phenoxy) is 1. The second-order valence-electron chi connectivity index (χ2n) is 8.25. The summed E-state index contributed by atoms with van der Waals surface area (Å²) < 4.78 is 5.39. The molecule has 3 aromatic carbocycles. The van der Waals surface area contributed by atoms with Crippen LogP contribution in [0.4, 0.5) is 0 Å². The number of piperidine rings is 1. The molecule has 0 radical (unpaired) electrons. The number of likely N-dealkylation sites (tertiary alicyclic amines) is 1. The van der Waals surface area contributed by atoms with Gasteiger partial charge in [0.15, 0.2) is 5.78 Å². The van der Waals surface area contributed by atoms with Crippen LogP contribution in [0.25, 0.3) is 0 Å². The van der Waals surface area contributed by atoms with E-state index in [1.165, 1.54) is 0 Å². The first-order chi connectivity index (χ1) is 15.5. The minimum absolute atomic E-state index is 0.0103. The largest absolute Gasteiger partial charge is 0.423 e. The second kappa shape index (κ2) is 9.47. The Morgan fingerprint density at radius 2 is 1.41 bits per heavy atom. The molecular formula is C27H27NO4. The summed E-state index contributed by atoms with van der Waals surface area (Å²) >= 11 is 0. The number of hydrogen-bond donors (Lipinski definition) is 1. The van der Waals surface area contributed by atoms with Crippen LogP contribution in [0.2, 0.25) is 0 Å². The van der Waals surface area contributed by atoms with Gasteiger partial charge < -0.3 is 9.84 Å². The van der Waals surface area contributed by atoms with Crippen molar-refractivity contribution in [2.75, 3.05) is 13.1 Å². The SMILES string of the molecule is CC(C(=O)c1ccc(OC(=O)c2ccccc2)cc1)N1CCC(O)(c2ccccc2)CC1. The van der Waals surface area contributed by atoms with Gasteiger partial charge in [-0.15, -0.1) is 0 Å². The third kappa shape index (κ3) is 4.79. The van der Waals surface area contributed by atoms with Crippen molar-refractivity contribution in [3.05, 3.63) is 102 Å². The lowest BCUT2D eigenvalue weighted by Gasteiger charge is -2.40. The van der Waals surface area contributed by atoms with Crippen LogP contribution in [-0.2, 0) is 5.60 Å². The first-order valence-corrected chi connectivity index (χ1v) is 10.9. The predicted octanol–water partition coefficient (Wildman–Crippen LogP) is 4.46. The van der Waals surface area contributed by atoms with Crippen molar-refractivity contribution in [3.63, 3.8) is 0 Å². The lowest BCUT2D eigenvalue weighted by atomic mass is 9.84. The van der Waals surface area contributed by atoms with E-state index < -0.39 is 11.6 Å². The van der Waals surface area contributed by atoms with Crippen LogP contribution in [0, 0.1) is 0 Å². The third-order valence-electron chi connectivity index (χ3n) is 6.22. The molecule has 4 rings (SSSR count). The van der Waals surface area contributed by atoms with E-state index in [9.17, 15) is 14.7 Å². The number of nitrogens with zero attached hydrogens (tertiary/aromatic N) is 1. The van der Waals surface area contributed by atoms with E-state index >= 15 is 0 Å². The van der Waals surface area contributed by atoms with Gasteiger partial charge in [-0.1, -0.05) is 48.5 Å². The summed E-state index contributed by atoms with van der Waals surface area (Å²) in [4.78, 5) is 27.3. The van der Waals surface area contributed by atoms with E-state index in [1.807, 2.05) is 43.3 Å². The van der Waals surface area contributed by atoms with Crippen LogP contribution in [0.5, 0.6) is 5.75 Å². The van der Waals surface area contributed by atoms with Crippen molar-refractivity contribution in [1.82, 2.24) is 4.90 Å². The number of rotatable bonds is 6. The zero-order valence-electron chi connectivity index (χ0n) is 18.1. The molecule has 164 valence electrons. The molecule has 1 atom stereocenters. The molecule has 1 unspecified atom stereocenters. The molecule has 0 aliphatic carbocycles.